The minimum Gasteiger partial charge on any atom is -0.427 e. The zero-order valence-corrected chi connectivity index (χ0v) is 10.3. The van der Waals surface area contributed by atoms with Crippen LogP contribution in [0.15, 0.2) is 24.3 Å². The Morgan fingerprint density at radius 3 is 2.37 bits per heavy atom. The molecular formula is C13H12O6. The molecule has 0 saturated carbocycles. The Kier molecular flexibility index (Phi) is 3.79. The lowest BCUT2D eigenvalue weighted by Gasteiger charge is -2.23. The van der Waals surface area contributed by atoms with E-state index in [-0.39, 0.29) is 18.2 Å². The summed E-state index contributed by atoms with van der Waals surface area (Å²) in [5.41, 5.74) is 0.912. The molecule has 0 radical (unpaired) electrons. The normalized spacial score (nSPS) is 14.1. The summed E-state index contributed by atoms with van der Waals surface area (Å²) in [6.45, 7) is 1.33. The first kappa shape index (κ1) is 13.1. The fourth-order valence-corrected chi connectivity index (χ4v) is 1.59. The molecule has 2 rings (SSSR count). The Morgan fingerprint density at radius 1 is 1.21 bits per heavy atom. The second-order valence-electron chi connectivity index (χ2n) is 4.02. The topological polar surface area (TPSA) is 78.9 Å². The van der Waals surface area contributed by atoms with Crippen LogP contribution in [0.3, 0.4) is 0 Å². The third kappa shape index (κ3) is 3.54. The molecule has 1 aliphatic heterocycles. The number of ether oxygens (including phenoxy) is 3. The minimum atomic E-state index is -1.05. The lowest BCUT2D eigenvalue weighted by Crippen LogP contribution is -2.41. The van der Waals surface area contributed by atoms with E-state index in [1.165, 1.54) is 6.92 Å². The first-order chi connectivity index (χ1) is 9.04. The summed E-state index contributed by atoms with van der Waals surface area (Å²) in [7, 11) is 0. The Balaban J connectivity index is 1.81. The lowest BCUT2D eigenvalue weighted by atomic mass is 10.1. The average Bonchev–Trinajstić information content (AvgIpc) is 2.33. The van der Waals surface area contributed by atoms with Crippen LogP contribution in [0.5, 0.6) is 5.75 Å². The van der Waals surface area contributed by atoms with Gasteiger partial charge in [-0.15, -0.1) is 0 Å². The van der Waals surface area contributed by atoms with Gasteiger partial charge in [0.2, 0.25) is 5.78 Å². The van der Waals surface area contributed by atoms with Crippen LogP contribution in [0, 0.1) is 0 Å². The molecule has 1 fully saturated rings. The number of aryl methyl sites for hydroxylation is 1. The van der Waals surface area contributed by atoms with Crippen molar-refractivity contribution in [1.29, 1.82) is 0 Å². The van der Waals surface area contributed by atoms with Crippen molar-refractivity contribution in [3.8, 4) is 5.75 Å². The molecule has 0 aliphatic carbocycles. The smallest absolute Gasteiger partial charge is 0.427 e. The van der Waals surface area contributed by atoms with Crippen molar-refractivity contribution in [2.24, 2.45) is 0 Å². The number of hydrogen-bond donors (Lipinski definition) is 0. The van der Waals surface area contributed by atoms with Crippen LogP contribution in [0.2, 0.25) is 0 Å². The quantitative estimate of drug-likeness (QED) is 0.593. The highest BCUT2D eigenvalue weighted by molar-refractivity contribution is 5.88. The van der Waals surface area contributed by atoms with Crippen molar-refractivity contribution in [2.75, 3.05) is 0 Å². The molecule has 1 saturated heterocycles. The first-order valence-electron chi connectivity index (χ1n) is 5.72. The van der Waals surface area contributed by atoms with Gasteiger partial charge in [-0.1, -0.05) is 12.1 Å². The molecule has 0 N–H and O–H groups in total. The SMILES string of the molecule is CC(=O)Oc1ccc(CCC(=O)C2OC(=O)O2)cc1. The van der Waals surface area contributed by atoms with Crippen LogP contribution < -0.4 is 4.74 Å². The monoisotopic (exact) mass is 264 g/mol. The maximum Gasteiger partial charge on any atom is 0.515 e. The van der Waals surface area contributed by atoms with E-state index in [4.69, 9.17) is 4.74 Å². The Labute approximate surface area is 109 Å². The zero-order chi connectivity index (χ0) is 13.8. The van der Waals surface area contributed by atoms with Crippen molar-refractivity contribution in [2.45, 2.75) is 26.1 Å². The van der Waals surface area contributed by atoms with Crippen LogP contribution in [0.4, 0.5) is 4.79 Å². The summed E-state index contributed by atoms with van der Waals surface area (Å²) in [5.74, 6) is -0.200. The standard InChI is InChI=1S/C13H12O6/c1-8(14)17-10-5-2-9(3-6-10)4-7-11(15)12-18-13(16)19-12/h2-3,5-6,12H,4,7H2,1H3. The molecular weight excluding hydrogens is 252 g/mol. The van der Waals surface area contributed by atoms with E-state index in [9.17, 15) is 14.4 Å². The van der Waals surface area contributed by atoms with Gasteiger partial charge in [-0.3, -0.25) is 9.59 Å². The van der Waals surface area contributed by atoms with Gasteiger partial charge in [-0.2, -0.15) is 0 Å². The maximum absolute atomic E-state index is 11.5. The van der Waals surface area contributed by atoms with Crippen molar-refractivity contribution in [3.05, 3.63) is 29.8 Å². The molecule has 1 heterocycles. The van der Waals surface area contributed by atoms with Crippen LogP contribution in [0.1, 0.15) is 18.9 Å². The number of esters is 1. The lowest BCUT2D eigenvalue weighted by molar-refractivity contribution is -0.191. The largest absolute Gasteiger partial charge is 0.515 e. The van der Waals surface area contributed by atoms with Gasteiger partial charge in [0.25, 0.3) is 0 Å². The fourth-order valence-electron chi connectivity index (χ4n) is 1.59. The van der Waals surface area contributed by atoms with Gasteiger partial charge in [0.05, 0.1) is 0 Å². The molecule has 19 heavy (non-hydrogen) atoms. The van der Waals surface area contributed by atoms with Crippen molar-refractivity contribution < 1.29 is 28.6 Å². The number of Topliss-reactive ketones (excluding diaryl/α,β-unsaturated/α-hetero) is 1. The van der Waals surface area contributed by atoms with Crippen molar-refractivity contribution >= 4 is 17.9 Å². The highest BCUT2D eigenvalue weighted by Gasteiger charge is 2.36. The third-order valence-corrected chi connectivity index (χ3v) is 2.51. The van der Waals surface area contributed by atoms with Gasteiger partial charge in [0.1, 0.15) is 5.75 Å². The molecule has 0 atom stereocenters. The minimum absolute atomic E-state index is 0.213. The van der Waals surface area contributed by atoms with E-state index in [0.29, 0.717) is 12.2 Å². The maximum atomic E-state index is 11.5. The molecule has 100 valence electrons. The molecule has 0 bridgehead atoms. The Morgan fingerprint density at radius 2 is 1.84 bits per heavy atom. The van der Waals surface area contributed by atoms with Crippen molar-refractivity contribution in [1.82, 2.24) is 0 Å². The molecule has 0 spiro atoms. The zero-order valence-electron chi connectivity index (χ0n) is 10.3. The van der Waals surface area contributed by atoms with E-state index in [1.54, 1.807) is 24.3 Å². The second kappa shape index (κ2) is 5.51. The number of benzene rings is 1. The summed E-state index contributed by atoms with van der Waals surface area (Å²) in [6, 6.07) is 6.83. The highest BCUT2D eigenvalue weighted by Crippen LogP contribution is 2.16. The van der Waals surface area contributed by atoms with E-state index in [2.05, 4.69) is 9.47 Å². The van der Waals surface area contributed by atoms with Gasteiger partial charge in [-0.25, -0.2) is 4.79 Å². The van der Waals surface area contributed by atoms with Crippen LogP contribution in [-0.4, -0.2) is 24.2 Å². The average molecular weight is 264 g/mol. The first-order valence-corrected chi connectivity index (χ1v) is 5.72. The third-order valence-electron chi connectivity index (χ3n) is 2.51. The van der Waals surface area contributed by atoms with Gasteiger partial charge in [0, 0.05) is 13.3 Å². The number of rotatable bonds is 5. The van der Waals surface area contributed by atoms with Gasteiger partial charge in [-0.05, 0) is 24.1 Å². The van der Waals surface area contributed by atoms with E-state index in [0.717, 1.165) is 5.56 Å². The van der Waals surface area contributed by atoms with Crippen LogP contribution in [-0.2, 0) is 25.5 Å². The number of hydrogen-bond acceptors (Lipinski definition) is 6. The van der Waals surface area contributed by atoms with Crippen LogP contribution >= 0.6 is 0 Å². The number of carbonyl (C=O) groups excluding carboxylic acids is 3. The number of cyclic esters (lactones) is 2. The molecule has 1 aromatic rings. The highest BCUT2D eigenvalue weighted by atomic mass is 16.9. The molecule has 0 amide bonds. The van der Waals surface area contributed by atoms with E-state index in [1.807, 2.05) is 0 Å². The molecule has 1 aliphatic rings. The predicted molar refractivity (Wildman–Crippen MR) is 62.4 cm³/mol. The summed E-state index contributed by atoms with van der Waals surface area (Å²) in [5, 5.41) is 0. The molecule has 0 aromatic heterocycles. The summed E-state index contributed by atoms with van der Waals surface area (Å²) < 4.78 is 13.9. The van der Waals surface area contributed by atoms with E-state index < -0.39 is 12.4 Å². The summed E-state index contributed by atoms with van der Waals surface area (Å²) >= 11 is 0. The number of ketones is 1. The summed E-state index contributed by atoms with van der Waals surface area (Å²) in [6.07, 6.45) is -1.15. The molecule has 6 heteroatoms. The van der Waals surface area contributed by atoms with Gasteiger partial charge >= 0.3 is 18.4 Å². The second-order valence-corrected chi connectivity index (χ2v) is 4.02. The van der Waals surface area contributed by atoms with Crippen molar-refractivity contribution in [3.63, 3.8) is 0 Å². The van der Waals surface area contributed by atoms with Gasteiger partial charge < -0.3 is 14.2 Å². The van der Waals surface area contributed by atoms with Gasteiger partial charge in [0.15, 0.2) is 0 Å². The van der Waals surface area contributed by atoms with E-state index >= 15 is 0 Å². The summed E-state index contributed by atoms with van der Waals surface area (Å²) in [4.78, 5) is 32.6. The molecule has 1 aromatic carbocycles. The molecule has 0 unspecified atom stereocenters. The Bertz CT molecular complexity index is 496. The Hall–Kier alpha value is -2.37. The predicted octanol–water partition coefficient (Wildman–Crippen LogP) is 1.61. The van der Waals surface area contributed by atoms with Crippen LogP contribution in [0.25, 0.3) is 0 Å². The molecule has 6 nitrogen and oxygen atoms in total. The number of carbonyl (C=O) groups is 3. The fraction of sp³-hybridized carbons (Fsp3) is 0.308.